The van der Waals surface area contributed by atoms with E-state index in [1.807, 2.05) is 13.0 Å². The molecule has 0 bridgehead atoms. The molecule has 0 saturated carbocycles. The molecule has 4 heteroatoms. The molecule has 0 rings (SSSR count). The van der Waals surface area contributed by atoms with E-state index in [4.69, 9.17) is 11.0 Å². The molecule has 0 aliphatic rings. The second-order valence-corrected chi connectivity index (χ2v) is 3.85. The fourth-order valence-electron chi connectivity index (χ4n) is 0.924. The second-order valence-electron chi connectivity index (χ2n) is 3.85. The van der Waals surface area contributed by atoms with Gasteiger partial charge in [-0.3, -0.25) is 4.79 Å². The van der Waals surface area contributed by atoms with Gasteiger partial charge in [-0.05, 0) is 20.8 Å². The molecule has 0 aliphatic carbocycles. The van der Waals surface area contributed by atoms with E-state index < -0.39 is 5.54 Å². The first-order chi connectivity index (χ1) is 5.80. The molecule has 13 heavy (non-hydrogen) atoms. The highest BCUT2D eigenvalue weighted by Crippen LogP contribution is 2.07. The number of nitrogens with zero attached hydrogens (tertiary/aromatic N) is 2. The van der Waals surface area contributed by atoms with Crippen LogP contribution in [0.4, 0.5) is 0 Å². The van der Waals surface area contributed by atoms with Crippen molar-refractivity contribution in [1.29, 1.82) is 5.26 Å². The van der Waals surface area contributed by atoms with Gasteiger partial charge in [0.2, 0.25) is 5.91 Å². The Kier molecular flexibility index (Phi) is 3.89. The highest BCUT2D eigenvalue weighted by molar-refractivity contribution is 5.85. The van der Waals surface area contributed by atoms with Gasteiger partial charge in [-0.1, -0.05) is 0 Å². The van der Waals surface area contributed by atoms with E-state index in [0.29, 0.717) is 6.42 Å². The molecule has 0 heterocycles. The monoisotopic (exact) mass is 183 g/mol. The van der Waals surface area contributed by atoms with E-state index in [0.717, 1.165) is 0 Å². The van der Waals surface area contributed by atoms with Crippen LogP contribution < -0.4 is 5.73 Å². The minimum atomic E-state index is -0.863. The Morgan fingerprint density at radius 1 is 1.69 bits per heavy atom. The molecule has 4 nitrogen and oxygen atoms in total. The molecule has 1 amide bonds. The van der Waals surface area contributed by atoms with Crippen LogP contribution in [0.25, 0.3) is 0 Å². The van der Waals surface area contributed by atoms with Crippen LogP contribution in [0.3, 0.4) is 0 Å². The standard InChI is InChI=1S/C9H17N3O/c1-7(5-6-10)12(4)8(13)9(2,3)11/h7H,5,11H2,1-4H3. The summed E-state index contributed by atoms with van der Waals surface area (Å²) in [5, 5.41) is 8.45. The van der Waals surface area contributed by atoms with Gasteiger partial charge in [0.05, 0.1) is 18.0 Å². The lowest BCUT2D eigenvalue weighted by Gasteiger charge is -2.29. The lowest BCUT2D eigenvalue weighted by molar-refractivity contribution is -0.136. The van der Waals surface area contributed by atoms with Crippen molar-refractivity contribution in [3.8, 4) is 6.07 Å². The maximum absolute atomic E-state index is 11.6. The Bertz CT molecular complexity index is 224. The molecule has 1 atom stereocenters. The number of hydrogen-bond acceptors (Lipinski definition) is 3. The number of nitrogens with two attached hydrogens (primary N) is 1. The van der Waals surface area contributed by atoms with Crippen molar-refractivity contribution >= 4 is 5.91 Å². The predicted molar refractivity (Wildman–Crippen MR) is 50.7 cm³/mol. The quantitative estimate of drug-likeness (QED) is 0.692. The van der Waals surface area contributed by atoms with Crippen molar-refractivity contribution in [2.45, 2.75) is 38.8 Å². The van der Waals surface area contributed by atoms with Gasteiger partial charge in [0.15, 0.2) is 0 Å². The van der Waals surface area contributed by atoms with Gasteiger partial charge in [-0.15, -0.1) is 0 Å². The average Bonchev–Trinajstić information content (AvgIpc) is 2.00. The molecule has 0 saturated heterocycles. The zero-order valence-corrected chi connectivity index (χ0v) is 8.66. The zero-order chi connectivity index (χ0) is 10.6. The fraction of sp³-hybridized carbons (Fsp3) is 0.778. The smallest absolute Gasteiger partial charge is 0.242 e. The van der Waals surface area contributed by atoms with Crippen LogP contribution in [0.1, 0.15) is 27.2 Å². The number of likely N-dealkylation sites (N-methyl/N-ethyl adjacent to an activating group) is 1. The third-order valence-corrected chi connectivity index (χ3v) is 1.92. The van der Waals surface area contributed by atoms with Crippen molar-refractivity contribution in [1.82, 2.24) is 4.90 Å². The van der Waals surface area contributed by atoms with Crippen LogP contribution in [0, 0.1) is 11.3 Å². The van der Waals surface area contributed by atoms with Crippen molar-refractivity contribution in [3.63, 3.8) is 0 Å². The summed E-state index contributed by atoms with van der Waals surface area (Å²) in [6.45, 7) is 5.14. The van der Waals surface area contributed by atoms with Gasteiger partial charge in [0, 0.05) is 13.1 Å². The Labute approximate surface area is 79.3 Å². The summed E-state index contributed by atoms with van der Waals surface area (Å²) < 4.78 is 0. The van der Waals surface area contributed by atoms with Gasteiger partial charge in [-0.25, -0.2) is 0 Å². The number of carbonyl (C=O) groups excluding carboxylic acids is 1. The van der Waals surface area contributed by atoms with E-state index in [-0.39, 0.29) is 11.9 Å². The Morgan fingerprint density at radius 3 is 2.46 bits per heavy atom. The van der Waals surface area contributed by atoms with E-state index in [9.17, 15) is 4.79 Å². The van der Waals surface area contributed by atoms with Crippen LogP contribution in [0.5, 0.6) is 0 Å². The van der Waals surface area contributed by atoms with Crippen LogP contribution >= 0.6 is 0 Å². The molecule has 0 aromatic rings. The topological polar surface area (TPSA) is 70.1 Å². The molecule has 0 spiro atoms. The van der Waals surface area contributed by atoms with E-state index in [1.165, 1.54) is 4.90 Å². The average molecular weight is 183 g/mol. The van der Waals surface area contributed by atoms with Crippen molar-refractivity contribution in [2.24, 2.45) is 5.73 Å². The number of carbonyl (C=O) groups is 1. The third-order valence-electron chi connectivity index (χ3n) is 1.92. The zero-order valence-electron chi connectivity index (χ0n) is 8.66. The molecule has 74 valence electrons. The van der Waals surface area contributed by atoms with Gasteiger partial charge in [-0.2, -0.15) is 5.26 Å². The van der Waals surface area contributed by atoms with Gasteiger partial charge in [0.1, 0.15) is 0 Å². The largest absolute Gasteiger partial charge is 0.340 e. The first-order valence-electron chi connectivity index (χ1n) is 4.23. The van der Waals surface area contributed by atoms with Crippen LogP contribution in [-0.2, 0) is 4.79 Å². The van der Waals surface area contributed by atoms with Crippen molar-refractivity contribution < 1.29 is 4.79 Å². The molecule has 0 aromatic carbocycles. The molecule has 0 aromatic heterocycles. The van der Waals surface area contributed by atoms with Crippen molar-refractivity contribution in [2.75, 3.05) is 7.05 Å². The van der Waals surface area contributed by atoms with Gasteiger partial charge >= 0.3 is 0 Å². The Balaban J connectivity index is 4.36. The maximum Gasteiger partial charge on any atom is 0.242 e. The summed E-state index contributed by atoms with van der Waals surface area (Å²) in [5.74, 6) is -0.143. The fourth-order valence-corrected chi connectivity index (χ4v) is 0.924. The van der Waals surface area contributed by atoms with E-state index in [2.05, 4.69) is 0 Å². The molecule has 1 unspecified atom stereocenters. The summed E-state index contributed by atoms with van der Waals surface area (Å²) in [6.07, 6.45) is 0.332. The highest BCUT2D eigenvalue weighted by Gasteiger charge is 2.27. The molecule has 0 aliphatic heterocycles. The Hall–Kier alpha value is -1.08. The second kappa shape index (κ2) is 4.24. The number of nitriles is 1. The minimum Gasteiger partial charge on any atom is -0.340 e. The number of amides is 1. The van der Waals surface area contributed by atoms with Gasteiger partial charge in [0.25, 0.3) is 0 Å². The summed E-state index contributed by atoms with van der Waals surface area (Å²) in [7, 11) is 1.67. The van der Waals surface area contributed by atoms with Gasteiger partial charge < -0.3 is 10.6 Å². The predicted octanol–water partition coefficient (Wildman–Crippen LogP) is 0.484. The Morgan fingerprint density at radius 2 is 2.15 bits per heavy atom. The summed E-state index contributed by atoms with van der Waals surface area (Å²) in [6, 6.07) is 1.94. The summed E-state index contributed by atoms with van der Waals surface area (Å²) >= 11 is 0. The van der Waals surface area contributed by atoms with E-state index >= 15 is 0 Å². The van der Waals surface area contributed by atoms with E-state index in [1.54, 1.807) is 20.9 Å². The molecular formula is C9H17N3O. The van der Waals surface area contributed by atoms with Crippen LogP contribution in [-0.4, -0.2) is 29.4 Å². The van der Waals surface area contributed by atoms with Crippen LogP contribution in [0.15, 0.2) is 0 Å². The molecule has 0 fully saturated rings. The summed E-state index contributed by atoms with van der Waals surface area (Å²) in [4.78, 5) is 13.1. The van der Waals surface area contributed by atoms with Crippen LogP contribution in [0.2, 0.25) is 0 Å². The minimum absolute atomic E-state index is 0.0830. The SMILES string of the molecule is CC(CC#N)N(C)C(=O)C(C)(C)N. The number of rotatable bonds is 3. The first-order valence-corrected chi connectivity index (χ1v) is 4.23. The normalized spacial score (nSPS) is 13.2. The third kappa shape index (κ3) is 3.43. The first kappa shape index (κ1) is 11.9. The maximum atomic E-state index is 11.6. The highest BCUT2D eigenvalue weighted by atomic mass is 16.2. The lowest BCUT2D eigenvalue weighted by Crippen LogP contribution is -2.52. The molecular weight excluding hydrogens is 166 g/mol. The number of hydrogen-bond donors (Lipinski definition) is 1. The molecule has 0 radical (unpaired) electrons. The molecule has 2 N–H and O–H groups in total. The summed E-state index contributed by atoms with van der Waals surface area (Å²) in [5.41, 5.74) is 4.78. The van der Waals surface area contributed by atoms with Crippen molar-refractivity contribution in [3.05, 3.63) is 0 Å². The lowest BCUT2D eigenvalue weighted by atomic mass is 10.0.